The van der Waals surface area contributed by atoms with Crippen LogP contribution in [-0.2, 0) is 30.7 Å². The smallest absolute Gasteiger partial charge is 0.220 e. The highest BCUT2D eigenvalue weighted by Gasteiger charge is 2.14. The van der Waals surface area contributed by atoms with Gasteiger partial charge in [0.05, 0.1) is 6.54 Å². The Kier molecular flexibility index (Phi) is 5.21. The molecule has 0 atom stereocenters. The molecule has 118 valence electrons. The first-order valence-electron chi connectivity index (χ1n) is 8.03. The minimum Gasteiger partial charge on any atom is -0.349 e. The molecule has 0 fully saturated rings. The van der Waals surface area contributed by atoms with Crippen molar-refractivity contribution < 1.29 is 4.79 Å². The lowest BCUT2D eigenvalue weighted by Crippen LogP contribution is -2.24. The number of nitrogens with one attached hydrogen (secondary N) is 1. The highest BCUT2D eigenvalue weighted by Crippen LogP contribution is 2.14. The molecule has 5 nitrogen and oxygen atoms in total. The van der Waals surface area contributed by atoms with E-state index in [0.29, 0.717) is 13.0 Å². The maximum absolute atomic E-state index is 11.9. The van der Waals surface area contributed by atoms with Crippen molar-refractivity contribution in [1.29, 1.82) is 0 Å². The first-order valence-corrected chi connectivity index (χ1v) is 8.91. The van der Waals surface area contributed by atoms with E-state index in [1.165, 1.54) is 24.1 Å². The maximum atomic E-state index is 11.9. The number of fused-ring (bicyclic) bond motifs is 1. The van der Waals surface area contributed by atoms with Crippen LogP contribution in [0.25, 0.3) is 0 Å². The number of aryl methyl sites for hydroxylation is 2. The van der Waals surface area contributed by atoms with Crippen LogP contribution in [0.3, 0.4) is 0 Å². The van der Waals surface area contributed by atoms with Gasteiger partial charge < -0.3 is 9.88 Å². The van der Waals surface area contributed by atoms with Crippen molar-refractivity contribution in [3.8, 4) is 0 Å². The molecular weight excluding hydrogens is 296 g/mol. The van der Waals surface area contributed by atoms with E-state index in [-0.39, 0.29) is 5.91 Å². The number of hydrogen-bond donors (Lipinski definition) is 1. The zero-order chi connectivity index (χ0) is 15.2. The van der Waals surface area contributed by atoms with Gasteiger partial charge in [0.15, 0.2) is 5.82 Å². The normalized spacial score (nSPS) is 14.4. The molecule has 0 spiro atoms. The lowest BCUT2D eigenvalue weighted by Gasteiger charge is -2.08. The third-order valence-electron chi connectivity index (χ3n) is 4.04. The van der Waals surface area contributed by atoms with Gasteiger partial charge >= 0.3 is 0 Å². The Morgan fingerprint density at radius 2 is 2.27 bits per heavy atom. The molecule has 3 rings (SSSR count). The molecule has 1 aliphatic heterocycles. The Balaban J connectivity index is 1.44. The predicted octanol–water partition coefficient (Wildman–Crippen LogP) is 2.71. The Morgan fingerprint density at radius 1 is 1.32 bits per heavy atom. The minimum absolute atomic E-state index is 0.0996. The van der Waals surface area contributed by atoms with Gasteiger partial charge in [-0.15, -0.1) is 21.5 Å². The van der Waals surface area contributed by atoms with Crippen LogP contribution >= 0.6 is 11.3 Å². The molecule has 22 heavy (non-hydrogen) atoms. The van der Waals surface area contributed by atoms with E-state index < -0.39 is 0 Å². The molecule has 6 heteroatoms. The summed E-state index contributed by atoms with van der Waals surface area (Å²) in [6, 6.07) is 4.17. The summed E-state index contributed by atoms with van der Waals surface area (Å²) in [7, 11) is 0. The van der Waals surface area contributed by atoms with Gasteiger partial charge in [-0.2, -0.15) is 0 Å². The monoisotopic (exact) mass is 318 g/mol. The van der Waals surface area contributed by atoms with Crippen molar-refractivity contribution in [2.75, 3.05) is 0 Å². The zero-order valence-corrected chi connectivity index (χ0v) is 13.6. The van der Waals surface area contributed by atoms with Crippen LogP contribution in [0.15, 0.2) is 17.5 Å². The first-order chi connectivity index (χ1) is 10.8. The van der Waals surface area contributed by atoms with Crippen molar-refractivity contribution in [2.24, 2.45) is 0 Å². The Bertz CT molecular complexity index is 606. The highest BCUT2D eigenvalue weighted by atomic mass is 32.1. The standard InChI is InChI=1S/C16H22N4OS/c21-16(9-4-6-13-7-5-11-22-13)17-12-15-19-18-14-8-2-1-3-10-20(14)15/h5,7,11H,1-4,6,8-10,12H2,(H,17,21). The summed E-state index contributed by atoms with van der Waals surface area (Å²) < 4.78 is 2.18. The summed E-state index contributed by atoms with van der Waals surface area (Å²) in [5.74, 6) is 2.06. The number of thiophene rings is 1. The number of nitrogens with zero attached hydrogens (tertiary/aromatic N) is 3. The average molecular weight is 318 g/mol. The van der Waals surface area contributed by atoms with Gasteiger partial charge in [-0.25, -0.2) is 0 Å². The van der Waals surface area contributed by atoms with E-state index in [2.05, 4.69) is 37.6 Å². The summed E-state index contributed by atoms with van der Waals surface area (Å²) in [5, 5.41) is 13.5. The van der Waals surface area contributed by atoms with Gasteiger partial charge in [0, 0.05) is 24.3 Å². The number of carbonyl (C=O) groups excluding carboxylic acids is 1. The topological polar surface area (TPSA) is 59.8 Å². The van der Waals surface area contributed by atoms with E-state index in [0.717, 1.165) is 37.5 Å². The second-order valence-electron chi connectivity index (χ2n) is 5.70. The summed E-state index contributed by atoms with van der Waals surface area (Å²) in [5.41, 5.74) is 0. The van der Waals surface area contributed by atoms with Crippen molar-refractivity contribution in [2.45, 2.75) is 58.0 Å². The second kappa shape index (κ2) is 7.54. The third kappa shape index (κ3) is 3.94. The van der Waals surface area contributed by atoms with Gasteiger partial charge in [0.2, 0.25) is 5.91 Å². The van der Waals surface area contributed by atoms with Crippen LogP contribution in [0.2, 0.25) is 0 Å². The van der Waals surface area contributed by atoms with Crippen molar-refractivity contribution in [3.63, 3.8) is 0 Å². The summed E-state index contributed by atoms with van der Waals surface area (Å²) in [4.78, 5) is 13.3. The van der Waals surface area contributed by atoms with Gasteiger partial charge in [-0.3, -0.25) is 4.79 Å². The molecule has 2 aromatic rings. The summed E-state index contributed by atoms with van der Waals surface area (Å²) >= 11 is 1.75. The molecule has 0 aromatic carbocycles. The molecule has 1 amide bonds. The number of carbonyl (C=O) groups is 1. The van der Waals surface area contributed by atoms with Crippen molar-refractivity contribution in [1.82, 2.24) is 20.1 Å². The molecular formula is C16H22N4OS. The third-order valence-corrected chi connectivity index (χ3v) is 4.97. The van der Waals surface area contributed by atoms with Crippen LogP contribution in [0, 0.1) is 0 Å². The SMILES string of the molecule is O=C(CCCc1cccs1)NCc1nnc2n1CCCCC2. The Labute approximate surface area is 134 Å². The molecule has 0 radical (unpaired) electrons. The summed E-state index contributed by atoms with van der Waals surface area (Å²) in [6.45, 7) is 1.47. The molecule has 0 saturated carbocycles. The quantitative estimate of drug-likeness (QED) is 0.891. The predicted molar refractivity (Wildman–Crippen MR) is 86.7 cm³/mol. The second-order valence-corrected chi connectivity index (χ2v) is 6.74. The van der Waals surface area contributed by atoms with E-state index in [4.69, 9.17) is 0 Å². The lowest BCUT2D eigenvalue weighted by molar-refractivity contribution is -0.121. The van der Waals surface area contributed by atoms with Crippen LogP contribution in [0.4, 0.5) is 0 Å². The number of rotatable bonds is 6. The van der Waals surface area contributed by atoms with Crippen LogP contribution in [-0.4, -0.2) is 20.7 Å². The van der Waals surface area contributed by atoms with Crippen LogP contribution < -0.4 is 5.32 Å². The lowest BCUT2D eigenvalue weighted by atomic mass is 10.2. The van der Waals surface area contributed by atoms with Crippen LogP contribution in [0.5, 0.6) is 0 Å². The first kappa shape index (κ1) is 15.2. The van der Waals surface area contributed by atoms with Crippen LogP contribution in [0.1, 0.15) is 48.6 Å². The van der Waals surface area contributed by atoms with Gasteiger partial charge in [-0.05, 0) is 37.1 Å². The molecule has 1 N–H and O–H groups in total. The number of aromatic nitrogens is 3. The van der Waals surface area contributed by atoms with E-state index in [1.807, 2.05) is 0 Å². The molecule has 1 aliphatic rings. The number of hydrogen-bond acceptors (Lipinski definition) is 4. The molecule has 0 aliphatic carbocycles. The fraction of sp³-hybridized carbons (Fsp3) is 0.562. The molecule has 0 saturated heterocycles. The molecule has 0 unspecified atom stereocenters. The van der Waals surface area contributed by atoms with E-state index >= 15 is 0 Å². The minimum atomic E-state index is 0.0996. The van der Waals surface area contributed by atoms with Crippen molar-refractivity contribution >= 4 is 17.2 Å². The van der Waals surface area contributed by atoms with Gasteiger partial charge in [0.1, 0.15) is 5.82 Å². The van der Waals surface area contributed by atoms with E-state index in [9.17, 15) is 4.79 Å². The molecule has 0 bridgehead atoms. The maximum Gasteiger partial charge on any atom is 0.220 e. The van der Waals surface area contributed by atoms with Gasteiger partial charge in [0.25, 0.3) is 0 Å². The zero-order valence-electron chi connectivity index (χ0n) is 12.8. The highest BCUT2D eigenvalue weighted by molar-refractivity contribution is 7.09. The van der Waals surface area contributed by atoms with E-state index in [1.54, 1.807) is 11.3 Å². The fourth-order valence-electron chi connectivity index (χ4n) is 2.82. The fourth-order valence-corrected chi connectivity index (χ4v) is 3.57. The Morgan fingerprint density at radius 3 is 3.14 bits per heavy atom. The average Bonchev–Trinajstić information content (AvgIpc) is 3.10. The molecule has 2 aromatic heterocycles. The van der Waals surface area contributed by atoms with Gasteiger partial charge in [-0.1, -0.05) is 12.5 Å². The molecule has 3 heterocycles. The Hall–Kier alpha value is -1.69. The van der Waals surface area contributed by atoms with Crippen molar-refractivity contribution in [3.05, 3.63) is 34.0 Å². The largest absolute Gasteiger partial charge is 0.349 e. The number of amides is 1. The summed E-state index contributed by atoms with van der Waals surface area (Å²) in [6.07, 6.45) is 7.05.